The number of nitrogens with one attached hydrogen (secondary N) is 1. The lowest BCUT2D eigenvalue weighted by molar-refractivity contribution is 0.746. The predicted molar refractivity (Wildman–Crippen MR) is 48.1 cm³/mol. The Hall–Kier alpha value is -1.50. The number of H-pyrrole nitrogens is 1. The topological polar surface area (TPSA) is 85.4 Å². The second kappa shape index (κ2) is 3.09. The van der Waals surface area contributed by atoms with Crippen LogP contribution in [0, 0.1) is 0 Å². The van der Waals surface area contributed by atoms with Crippen LogP contribution in [0.15, 0.2) is 22.6 Å². The van der Waals surface area contributed by atoms with E-state index in [0.717, 1.165) is 5.03 Å². The van der Waals surface area contributed by atoms with Gasteiger partial charge in [-0.3, -0.25) is 9.78 Å². The van der Waals surface area contributed by atoms with Crippen LogP contribution in [0.25, 0.3) is 0 Å². The monoisotopic (exact) mass is 196 g/mol. The summed E-state index contributed by atoms with van der Waals surface area (Å²) in [4.78, 5) is 3.96. The highest BCUT2D eigenvalue weighted by atomic mass is 32.2. The van der Waals surface area contributed by atoms with Crippen LogP contribution in [0.2, 0.25) is 0 Å². The number of rotatable bonds is 2. The number of aromatic nitrogens is 5. The molecule has 2 aromatic heterocycles. The summed E-state index contributed by atoms with van der Waals surface area (Å²) in [6.45, 7) is 0. The van der Waals surface area contributed by atoms with Gasteiger partial charge >= 0.3 is 0 Å². The molecular formula is C6H8N6S. The Morgan fingerprint density at radius 1 is 1.62 bits per heavy atom. The van der Waals surface area contributed by atoms with Gasteiger partial charge in [-0.1, -0.05) is 0 Å². The third-order valence-electron chi connectivity index (χ3n) is 1.49. The lowest BCUT2D eigenvalue weighted by atomic mass is 10.7. The molecule has 2 rings (SSSR count). The minimum Gasteiger partial charge on any atom is -0.384 e. The fourth-order valence-electron chi connectivity index (χ4n) is 0.847. The van der Waals surface area contributed by atoms with E-state index in [1.807, 2.05) is 0 Å². The van der Waals surface area contributed by atoms with Gasteiger partial charge < -0.3 is 5.73 Å². The maximum Gasteiger partial charge on any atom is 0.189 e. The summed E-state index contributed by atoms with van der Waals surface area (Å²) >= 11 is 1.39. The number of anilines is 1. The van der Waals surface area contributed by atoms with Crippen molar-refractivity contribution in [3.05, 3.63) is 12.4 Å². The molecule has 0 aliphatic rings. The average Bonchev–Trinajstić information content (AvgIpc) is 2.64. The van der Waals surface area contributed by atoms with Crippen molar-refractivity contribution in [3.63, 3.8) is 0 Å². The quantitative estimate of drug-likeness (QED) is 0.720. The van der Waals surface area contributed by atoms with Crippen molar-refractivity contribution < 1.29 is 0 Å². The molecule has 0 bridgehead atoms. The molecule has 6 nitrogen and oxygen atoms in total. The molecule has 2 heterocycles. The second-order valence-corrected chi connectivity index (χ2v) is 3.43. The van der Waals surface area contributed by atoms with Gasteiger partial charge in [0.25, 0.3) is 0 Å². The number of hydrogen-bond acceptors (Lipinski definition) is 5. The first-order valence-corrected chi connectivity index (χ1v) is 4.40. The molecule has 0 atom stereocenters. The Balaban J connectivity index is 2.19. The average molecular weight is 196 g/mol. The Kier molecular flexibility index (Phi) is 1.93. The summed E-state index contributed by atoms with van der Waals surface area (Å²) in [5.74, 6) is 0.627. The Bertz CT molecular complexity index is 372. The fourth-order valence-corrected chi connectivity index (χ4v) is 1.59. The molecule has 0 saturated carbocycles. The number of nitrogens with two attached hydrogens (primary N) is 1. The van der Waals surface area contributed by atoms with Gasteiger partial charge in [-0.2, -0.15) is 10.2 Å². The van der Waals surface area contributed by atoms with E-state index < -0.39 is 0 Å². The van der Waals surface area contributed by atoms with E-state index in [-0.39, 0.29) is 0 Å². The van der Waals surface area contributed by atoms with Gasteiger partial charge in [0, 0.05) is 13.1 Å². The smallest absolute Gasteiger partial charge is 0.189 e. The molecule has 3 N–H and O–H groups in total. The van der Waals surface area contributed by atoms with E-state index in [4.69, 9.17) is 5.73 Å². The van der Waals surface area contributed by atoms with Crippen LogP contribution in [0.3, 0.4) is 0 Å². The molecule has 0 spiro atoms. The molecule has 13 heavy (non-hydrogen) atoms. The second-order valence-electron chi connectivity index (χ2n) is 2.42. The summed E-state index contributed by atoms with van der Waals surface area (Å²) in [6, 6.07) is 1.78. The van der Waals surface area contributed by atoms with Crippen LogP contribution >= 0.6 is 11.8 Å². The van der Waals surface area contributed by atoms with Crippen LogP contribution in [-0.2, 0) is 7.05 Å². The minimum absolute atomic E-state index is 0.627. The number of aromatic amines is 1. The SMILES string of the molecule is Cn1nc(Sc2ncn[nH]2)cc1N. The van der Waals surface area contributed by atoms with Crippen LogP contribution in [0.5, 0.6) is 0 Å². The van der Waals surface area contributed by atoms with Crippen molar-refractivity contribution in [2.45, 2.75) is 10.2 Å². The predicted octanol–water partition coefficient (Wildman–Crippen LogP) is 0.272. The van der Waals surface area contributed by atoms with Crippen LogP contribution in [-0.4, -0.2) is 25.0 Å². The Labute approximate surface area is 78.5 Å². The van der Waals surface area contributed by atoms with E-state index in [1.165, 1.54) is 18.1 Å². The highest BCUT2D eigenvalue weighted by molar-refractivity contribution is 7.99. The molecule has 0 amide bonds. The maximum absolute atomic E-state index is 5.61. The van der Waals surface area contributed by atoms with Gasteiger partial charge in [0.05, 0.1) is 0 Å². The van der Waals surface area contributed by atoms with Crippen molar-refractivity contribution in [1.29, 1.82) is 0 Å². The first-order chi connectivity index (χ1) is 6.25. The lowest BCUT2D eigenvalue weighted by Gasteiger charge is -1.89. The third-order valence-corrected chi connectivity index (χ3v) is 2.29. The molecule has 0 saturated heterocycles. The molecule has 7 heteroatoms. The van der Waals surface area contributed by atoms with Gasteiger partial charge in [-0.05, 0) is 11.8 Å². The Morgan fingerprint density at radius 3 is 3.00 bits per heavy atom. The van der Waals surface area contributed by atoms with Gasteiger partial charge in [0.1, 0.15) is 17.2 Å². The van der Waals surface area contributed by atoms with E-state index in [1.54, 1.807) is 17.8 Å². The maximum atomic E-state index is 5.61. The van der Waals surface area contributed by atoms with Crippen molar-refractivity contribution in [3.8, 4) is 0 Å². The van der Waals surface area contributed by atoms with Crippen molar-refractivity contribution in [2.24, 2.45) is 7.05 Å². The first kappa shape index (κ1) is 8.11. The van der Waals surface area contributed by atoms with Gasteiger partial charge in [-0.25, -0.2) is 4.98 Å². The van der Waals surface area contributed by atoms with Gasteiger partial charge in [0.15, 0.2) is 5.16 Å². The Morgan fingerprint density at radius 2 is 2.46 bits per heavy atom. The molecule has 0 fully saturated rings. The summed E-state index contributed by atoms with van der Waals surface area (Å²) in [5, 5.41) is 12.1. The lowest BCUT2D eigenvalue weighted by Crippen LogP contribution is -1.96. The number of hydrogen-bond donors (Lipinski definition) is 2. The van der Waals surface area contributed by atoms with Crippen molar-refractivity contribution >= 4 is 17.6 Å². The largest absolute Gasteiger partial charge is 0.384 e. The van der Waals surface area contributed by atoms with Crippen LogP contribution < -0.4 is 5.73 Å². The van der Waals surface area contributed by atoms with Crippen molar-refractivity contribution in [2.75, 3.05) is 5.73 Å². The highest BCUT2D eigenvalue weighted by Gasteiger charge is 2.05. The number of nitrogens with zero attached hydrogens (tertiary/aromatic N) is 4. The summed E-state index contributed by atoms with van der Waals surface area (Å²) in [7, 11) is 1.79. The zero-order valence-corrected chi connectivity index (χ0v) is 7.75. The summed E-state index contributed by atoms with van der Waals surface area (Å²) in [6.07, 6.45) is 1.45. The van der Waals surface area contributed by atoms with Gasteiger partial charge in [-0.15, -0.1) is 0 Å². The van der Waals surface area contributed by atoms with Crippen LogP contribution in [0.4, 0.5) is 5.82 Å². The highest BCUT2D eigenvalue weighted by Crippen LogP contribution is 2.23. The molecule has 0 unspecified atom stereocenters. The van der Waals surface area contributed by atoms with E-state index >= 15 is 0 Å². The van der Waals surface area contributed by atoms with E-state index in [0.29, 0.717) is 11.0 Å². The van der Waals surface area contributed by atoms with Crippen LogP contribution in [0.1, 0.15) is 0 Å². The number of nitrogen functional groups attached to an aromatic ring is 1. The minimum atomic E-state index is 0.627. The zero-order valence-electron chi connectivity index (χ0n) is 6.93. The number of aryl methyl sites for hydroxylation is 1. The molecule has 68 valence electrons. The third kappa shape index (κ3) is 1.64. The van der Waals surface area contributed by atoms with E-state index in [2.05, 4.69) is 20.3 Å². The van der Waals surface area contributed by atoms with E-state index in [9.17, 15) is 0 Å². The molecule has 0 aromatic carbocycles. The summed E-state index contributed by atoms with van der Waals surface area (Å²) < 4.78 is 1.61. The summed E-state index contributed by atoms with van der Waals surface area (Å²) in [5.41, 5.74) is 5.61. The fraction of sp³-hybridized carbons (Fsp3) is 0.167. The van der Waals surface area contributed by atoms with Gasteiger partial charge in [0.2, 0.25) is 0 Å². The standard InChI is InChI=1S/C6H8N6S/c1-12-4(7)2-5(11-12)13-6-8-3-9-10-6/h2-3H,7H2,1H3,(H,8,9,10). The first-order valence-electron chi connectivity index (χ1n) is 3.58. The zero-order chi connectivity index (χ0) is 9.26. The molecular weight excluding hydrogens is 188 g/mol. The molecule has 0 radical (unpaired) electrons. The van der Waals surface area contributed by atoms with Crippen molar-refractivity contribution in [1.82, 2.24) is 25.0 Å². The molecule has 0 aliphatic carbocycles. The molecule has 2 aromatic rings. The molecule has 0 aliphatic heterocycles. The normalized spacial score (nSPS) is 10.5.